The average Bonchev–Trinajstić information content (AvgIpc) is 2.67. The molecule has 2 atom stereocenters. The predicted octanol–water partition coefficient (Wildman–Crippen LogP) is 1.18. The zero-order chi connectivity index (χ0) is 19.3. The number of amides is 1. The molecule has 1 saturated carbocycles. The summed E-state index contributed by atoms with van der Waals surface area (Å²) in [5.74, 6) is -0.780. The fourth-order valence-electron chi connectivity index (χ4n) is 5.14. The van der Waals surface area contributed by atoms with E-state index < -0.39 is 5.97 Å². The summed E-state index contributed by atoms with van der Waals surface area (Å²) < 4.78 is 5.52. The number of ether oxygens (including phenoxy) is 1. The number of carboxylic acids is 1. The molecule has 0 aromatic carbocycles. The predicted molar refractivity (Wildman–Crippen MR) is 103 cm³/mol. The third-order valence-electron chi connectivity index (χ3n) is 6.53. The summed E-state index contributed by atoms with van der Waals surface area (Å²) >= 11 is 0. The fraction of sp³-hybridized carbons (Fsp3) is 0.900. The van der Waals surface area contributed by atoms with E-state index in [-0.39, 0.29) is 17.4 Å². The number of hydrogen-bond acceptors (Lipinski definition) is 5. The van der Waals surface area contributed by atoms with Crippen LogP contribution in [0.5, 0.6) is 0 Å². The number of morpholine rings is 1. The molecule has 3 rings (SSSR count). The van der Waals surface area contributed by atoms with Crippen LogP contribution in [0.4, 0.5) is 0 Å². The smallest absolute Gasteiger partial charge is 0.307 e. The molecule has 2 unspecified atom stereocenters. The van der Waals surface area contributed by atoms with Crippen LogP contribution in [0.25, 0.3) is 0 Å². The van der Waals surface area contributed by atoms with E-state index in [0.29, 0.717) is 32.0 Å². The lowest BCUT2D eigenvalue weighted by molar-refractivity contribution is -0.145. The monoisotopic (exact) mass is 381 g/mol. The number of likely N-dealkylation sites (tertiary alicyclic amines) is 1. The van der Waals surface area contributed by atoms with Crippen LogP contribution in [0, 0.1) is 11.8 Å². The first-order valence-corrected chi connectivity index (χ1v) is 10.5. The Labute approximate surface area is 162 Å². The molecule has 0 spiro atoms. The Morgan fingerprint density at radius 3 is 2.52 bits per heavy atom. The molecular weight excluding hydrogens is 346 g/mol. The maximum atomic E-state index is 12.6. The first kappa shape index (κ1) is 20.6. The summed E-state index contributed by atoms with van der Waals surface area (Å²) in [6.45, 7) is 7.77. The topological polar surface area (TPSA) is 82.1 Å². The van der Waals surface area contributed by atoms with Crippen molar-refractivity contribution in [2.24, 2.45) is 11.8 Å². The van der Waals surface area contributed by atoms with Crippen LogP contribution >= 0.6 is 0 Å². The van der Waals surface area contributed by atoms with Crippen molar-refractivity contribution in [3.8, 4) is 0 Å². The molecule has 1 amide bonds. The molecule has 27 heavy (non-hydrogen) atoms. The highest BCUT2D eigenvalue weighted by Gasteiger charge is 2.39. The molecule has 0 aromatic heterocycles. The van der Waals surface area contributed by atoms with Gasteiger partial charge in [-0.2, -0.15) is 0 Å². The third-order valence-corrected chi connectivity index (χ3v) is 6.53. The number of hydrogen-bond donors (Lipinski definition) is 2. The van der Waals surface area contributed by atoms with Crippen molar-refractivity contribution in [1.82, 2.24) is 15.1 Å². The number of aliphatic carboxylic acids is 1. The van der Waals surface area contributed by atoms with Crippen LogP contribution in [-0.2, 0) is 14.3 Å². The third kappa shape index (κ3) is 5.42. The van der Waals surface area contributed by atoms with E-state index in [2.05, 4.69) is 17.1 Å². The molecule has 0 radical (unpaired) electrons. The standard InChI is InChI=1S/C20H35N3O4/c1-16-11-17(19(25)26)13-22(12-16)14-18(24)21-15-20(5-3-2-4-6-20)23-7-9-27-10-8-23/h16-17H,2-15H2,1H3,(H,21,24)(H,25,26). The Kier molecular flexibility index (Phi) is 7.11. The lowest BCUT2D eigenvalue weighted by Crippen LogP contribution is -2.60. The minimum Gasteiger partial charge on any atom is -0.481 e. The fourth-order valence-corrected chi connectivity index (χ4v) is 5.14. The van der Waals surface area contributed by atoms with Gasteiger partial charge in [0.2, 0.25) is 5.91 Å². The van der Waals surface area contributed by atoms with E-state index in [4.69, 9.17) is 4.74 Å². The summed E-state index contributed by atoms with van der Waals surface area (Å²) in [6.07, 6.45) is 6.69. The number of carbonyl (C=O) groups excluding carboxylic acids is 1. The Morgan fingerprint density at radius 1 is 1.15 bits per heavy atom. The summed E-state index contributed by atoms with van der Waals surface area (Å²) in [5.41, 5.74) is 0.0660. The zero-order valence-electron chi connectivity index (χ0n) is 16.6. The number of nitrogens with zero attached hydrogens (tertiary/aromatic N) is 2. The van der Waals surface area contributed by atoms with Gasteiger partial charge in [0.15, 0.2) is 0 Å². The van der Waals surface area contributed by atoms with Crippen LogP contribution in [-0.4, -0.2) is 84.8 Å². The zero-order valence-corrected chi connectivity index (χ0v) is 16.6. The highest BCUT2D eigenvalue weighted by atomic mass is 16.5. The van der Waals surface area contributed by atoms with Crippen molar-refractivity contribution >= 4 is 11.9 Å². The molecule has 3 fully saturated rings. The molecule has 2 aliphatic heterocycles. The van der Waals surface area contributed by atoms with E-state index in [1.54, 1.807) is 0 Å². The quantitative estimate of drug-likeness (QED) is 0.719. The molecular formula is C20H35N3O4. The highest BCUT2D eigenvalue weighted by Crippen LogP contribution is 2.34. The van der Waals surface area contributed by atoms with Gasteiger partial charge in [-0.15, -0.1) is 0 Å². The van der Waals surface area contributed by atoms with E-state index in [0.717, 1.165) is 45.7 Å². The van der Waals surface area contributed by atoms with Gasteiger partial charge in [0.05, 0.1) is 25.7 Å². The Bertz CT molecular complexity index is 515. The van der Waals surface area contributed by atoms with Gasteiger partial charge in [0.1, 0.15) is 0 Å². The first-order valence-electron chi connectivity index (χ1n) is 10.5. The van der Waals surface area contributed by atoms with Gasteiger partial charge in [-0.1, -0.05) is 26.2 Å². The number of carbonyl (C=O) groups is 2. The molecule has 0 bridgehead atoms. The van der Waals surface area contributed by atoms with Gasteiger partial charge in [-0.05, 0) is 25.2 Å². The van der Waals surface area contributed by atoms with Gasteiger partial charge >= 0.3 is 5.97 Å². The van der Waals surface area contributed by atoms with E-state index in [1.165, 1.54) is 19.3 Å². The Hall–Kier alpha value is -1.18. The summed E-state index contributed by atoms with van der Waals surface area (Å²) in [6, 6.07) is 0. The molecule has 7 heteroatoms. The largest absolute Gasteiger partial charge is 0.481 e. The molecule has 2 saturated heterocycles. The van der Waals surface area contributed by atoms with Gasteiger partial charge in [-0.25, -0.2) is 0 Å². The average molecular weight is 382 g/mol. The molecule has 1 aliphatic carbocycles. The second-order valence-corrected chi connectivity index (χ2v) is 8.73. The van der Waals surface area contributed by atoms with E-state index in [1.807, 2.05) is 4.90 Å². The molecule has 3 aliphatic rings. The van der Waals surface area contributed by atoms with Crippen molar-refractivity contribution in [3.63, 3.8) is 0 Å². The van der Waals surface area contributed by atoms with Crippen molar-refractivity contribution < 1.29 is 19.4 Å². The van der Waals surface area contributed by atoms with Crippen molar-refractivity contribution in [2.75, 3.05) is 52.5 Å². The van der Waals surface area contributed by atoms with Gasteiger partial charge in [0.25, 0.3) is 0 Å². The second kappa shape index (κ2) is 9.34. The van der Waals surface area contributed by atoms with E-state index in [9.17, 15) is 14.7 Å². The molecule has 154 valence electrons. The number of rotatable bonds is 6. The first-order chi connectivity index (χ1) is 13.0. The molecule has 7 nitrogen and oxygen atoms in total. The Morgan fingerprint density at radius 2 is 1.85 bits per heavy atom. The van der Waals surface area contributed by atoms with Crippen molar-refractivity contribution in [2.45, 2.75) is 51.0 Å². The minimum atomic E-state index is -0.750. The maximum absolute atomic E-state index is 12.6. The van der Waals surface area contributed by atoms with Crippen LogP contribution in [0.15, 0.2) is 0 Å². The number of nitrogens with one attached hydrogen (secondary N) is 1. The molecule has 2 heterocycles. The second-order valence-electron chi connectivity index (χ2n) is 8.73. The lowest BCUT2D eigenvalue weighted by Gasteiger charge is -2.48. The number of carboxylic acid groups (broad SMARTS) is 1. The van der Waals surface area contributed by atoms with Crippen LogP contribution in [0.3, 0.4) is 0 Å². The van der Waals surface area contributed by atoms with Crippen molar-refractivity contribution in [3.05, 3.63) is 0 Å². The van der Waals surface area contributed by atoms with Gasteiger partial charge < -0.3 is 15.2 Å². The SMILES string of the molecule is CC1CC(C(=O)O)CN(CC(=O)NCC2(N3CCOCC3)CCCCC2)C1. The van der Waals surface area contributed by atoms with Crippen LogP contribution in [0.1, 0.15) is 45.4 Å². The summed E-state index contributed by atoms with van der Waals surface area (Å²) in [7, 11) is 0. The van der Waals surface area contributed by atoms with Crippen molar-refractivity contribution in [1.29, 1.82) is 0 Å². The van der Waals surface area contributed by atoms with Crippen LogP contribution in [0.2, 0.25) is 0 Å². The minimum absolute atomic E-state index is 0.0199. The van der Waals surface area contributed by atoms with Gasteiger partial charge in [-0.3, -0.25) is 19.4 Å². The highest BCUT2D eigenvalue weighted by molar-refractivity contribution is 5.78. The lowest BCUT2D eigenvalue weighted by atomic mass is 9.79. The normalized spacial score (nSPS) is 30.0. The number of piperidine rings is 1. The molecule has 2 N–H and O–H groups in total. The van der Waals surface area contributed by atoms with E-state index >= 15 is 0 Å². The van der Waals surface area contributed by atoms with Crippen LogP contribution < -0.4 is 5.32 Å². The Balaban J connectivity index is 1.53. The maximum Gasteiger partial charge on any atom is 0.307 e. The molecule has 0 aromatic rings. The van der Waals surface area contributed by atoms with Gasteiger partial charge in [0, 0.05) is 38.3 Å². The summed E-state index contributed by atoms with van der Waals surface area (Å²) in [4.78, 5) is 28.5. The summed E-state index contributed by atoms with van der Waals surface area (Å²) in [5, 5.41) is 12.5.